The summed E-state index contributed by atoms with van der Waals surface area (Å²) in [5.74, 6) is -0.362. The molecular weight excluding hydrogens is 518 g/mol. The van der Waals surface area contributed by atoms with Gasteiger partial charge in [0.15, 0.2) is 0 Å². The maximum absolute atomic E-state index is 13.3. The number of pyridine rings is 1. The summed E-state index contributed by atoms with van der Waals surface area (Å²) in [6.45, 7) is 1.74. The van der Waals surface area contributed by atoms with Crippen molar-refractivity contribution in [1.29, 1.82) is 0 Å². The number of aryl methyl sites for hydroxylation is 1. The first kappa shape index (κ1) is 23.9. The molecule has 0 bridgehead atoms. The number of nitrogens with one attached hydrogen (secondary N) is 2. The van der Waals surface area contributed by atoms with Crippen LogP contribution in [0.5, 0.6) is 0 Å². The monoisotopic (exact) mass is 535 g/mol. The maximum Gasteiger partial charge on any atom is 0.264 e. The van der Waals surface area contributed by atoms with Crippen LogP contribution in [0.3, 0.4) is 0 Å². The Bertz CT molecular complexity index is 1700. The molecular formula is C25H18ClN5O3S2. The van der Waals surface area contributed by atoms with E-state index in [1.165, 1.54) is 41.8 Å². The number of para-hydroxylation sites is 1. The van der Waals surface area contributed by atoms with Gasteiger partial charge in [0.2, 0.25) is 5.95 Å². The number of aromatic nitrogens is 3. The van der Waals surface area contributed by atoms with Crippen LogP contribution >= 0.6 is 22.9 Å². The van der Waals surface area contributed by atoms with E-state index in [4.69, 9.17) is 11.6 Å². The molecule has 0 radical (unpaired) electrons. The van der Waals surface area contributed by atoms with Crippen LogP contribution in [0.25, 0.3) is 21.5 Å². The van der Waals surface area contributed by atoms with Gasteiger partial charge in [0.25, 0.3) is 15.9 Å². The molecule has 0 spiro atoms. The number of amides is 1. The summed E-state index contributed by atoms with van der Waals surface area (Å²) in [7, 11) is -3.90. The van der Waals surface area contributed by atoms with Crippen molar-refractivity contribution in [3.05, 3.63) is 94.6 Å². The second kappa shape index (κ2) is 9.65. The van der Waals surface area contributed by atoms with Crippen LogP contribution in [0, 0.1) is 6.92 Å². The number of hydrogen-bond acceptors (Lipinski definition) is 7. The summed E-state index contributed by atoms with van der Waals surface area (Å²) < 4.78 is 28.4. The van der Waals surface area contributed by atoms with Gasteiger partial charge < -0.3 is 5.32 Å². The van der Waals surface area contributed by atoms with Gasteiger partial charge in [0.1, 0.15) is 0 Å². The van der Waals surface area contributed by atoms with Crippen LogP contribution in [-0.4, -0.2) is 29.3 Å². The number of thiophene rings is 1. The van der Waals surface area contributed by atoms with E-state index < -0.39 is 10.0 Å². The first-order valence-electron chi connectivity index (χ1n) is 10.7. The molecule has 5 rings (SSSR count). The lowest BCUT2D eigenvalue weighted by Crippen LogP contribution is -2.16. The molecule has 0 fully saturated rings. The number of anilines is 2. The fraction of sp³-hybridized carbons (Fsp3) is 0.0400. The number of nitrogens with zero attached hydrogens (tertiary/aromatic N) is 3. The van der Waals surface area contributed by atoms with Gasteiger partial charge in [-0.2, -0.15) is 0 Å². The fourth-order valence-electron chi connectivity index (χ4n) is 3.53. The van der Waals surface area contributed by atoms with Crippen LogP contribution in [0.4, 0.5) is 11.6 Å². The molecule has 3 aromatic heterocycles. The number of carbonyl (C=O) groups is 1. The first-order chi connectivity index (χ1) is 17.3. The van der Waals surface area contributed by atoms with Gasteiger partial charge in [-0.25, -0.2) is 28.1 Å². The van der Waals surface area contributed by atoms with Gasteiger partial charge in [-0.15, -0.1) is 11.3 Å². The standard InChI is InChI=1S/C25H18ClN5O3S2/c1-15-12-13-27-25(28-15)31-36(33,34)17-8-6-16(7-9-17)29-24(32)19-14-21(22-10-11-23(26)35-22)30-20-5-3-2-4-18(19)20/h2-14H,1H3,(H,29,32)(H,27,28,31). The summed E-state index contributed by atoms with van der Waals surface area (Å²) >= 11 is 7.47. The largest absolute Gasteiger partial charge is 0.322 e. The third-order valence-corrected chi connectivity index (χ3v) is 7.83. The molecule has 36 heavy (non-hydrogen) atoms. The SMILES string of the molecule is Cc1ccnc(NS(=O)(=O)c2ccc(NC(=O)c3cc(-c4ccc(Cl)s4)nc4ccccc34)cc2)n1. The van der Waals surface area contributed by atoms with E-state index in [2.05, 4.69) is 25.0 Å². The minimum Gasteiger partial charge on any atom is -0.322 e. The van der Waals surface area contributed by atoms with Gasteiger partial charge in [0, 0.05) is 23.0 Å². The summed E-state index contributed by atoms with van der Waals surface area (Å²) in [6, 6.07) is 20.3. The predicted octanol–water partition coefficient (Wildman–Crippen LogP) is 5.77. The zero-order valence-electron chi connectivity index (χ0n) is 18.8. The van der Waals surface area contributed by atoms with Crippen molar-refractivity contribution in [2.75, 3.05) is 10.0 Å². The van der Waals surface area contributed by atoms with E-state index in [0.29, 0.717) is 37.9 Å². The number of sulfonamides is 1. The van der Waals surface area contributed by atoms with Crippen molar-refractivity contribution < 1.29 is 13.2 Å². The Hall–Kier alpha value is -3.86. The summed E-state index contributed by atoms with van der Waals surface area (Å²) in [5.41, 5.74) is 2.83. The lowest BCUT2D eigenvalue weighted by Gasteiger charge is -2.11. The zero-order valence-corrected chi connectivity index (χ0v) is 21.2. The Morgan fingerprint density at radius 2 is 1.75 bits per heavy atom. The van der Waals surface area contributed by atoms with Crippen LogP contribution in [0.2, 0.25) is 4.34 Å². The normalized spacial score (nSPS) is 11.4. The Morgan fingerprint density at radius 3 is 2.47 bits per heavy atom. The van der Waals surface area contributed by atoms with Gasteiger partial charge in [-0.05, 0) is 61.5 Å². The van der Waals surface area contributed by atoms with E-state index in [-0.39, 0.29) is 16.8 Å². The van der Waals surface area contributed by atoms with E-state index in [1.807, 2.05) is 30.3 Å². The highest BCUT2D eigenvalue weighted by molar-refractivity contribution is 7.92. The van der Waals surface area contributed by atoms with Crippen molar-refractivity contribution in [2.45, 2.75) is 11.8 Å². The Balaban J connectivity index is 1.40. The van der Waals surface area contributed by atoms with Crippen molar-refractivity contribution in [3.8, 4) is 10.6 Å². The quantitative estimate of drug-likeness (QED) is 0.285. The highest BCUT2D eigenvalue weighted by Gasteiger charge is 2.18. The number of halogens is 1. The molecule has 0 atom stereocenters. The maximum atomic E-state index is 13.3. The lowest BCUT2D eigenvalue weighted by atomic mass is 10.1. The molecule has 1 amide bonds. The van der Waals surface area contributed by atoms with E-state index >= 15 is 0 Å². The second-order valence-corrected chi connectivity index (χ2v) is 11.2. The molecule has 0 aliphatic heterocycles. The summed E-state index contributed by atoms with van der Waals surface area (Å²) in [6.07, 6.45) is 1.47. The highest BCUT2D eigenvalue weighted by atomic mass is 35.5. The number of rotatable bonds is 6. The molecule has 0 aliphatic rings. The average molecular weight is 536 g/mol. The summed E-state index contributed by atoms with van der Waals surface area (Å²) in [5, 5.41) is 3.54. The molecule has 11 heteroatoms. The molecule has 0 saturated carbocycles. The number of hydrogen-bond donors (Lipinski definition) is 2. The number of benzene rings is 2. The summed E-state index contributed by atoms with van der Waals surface area (Å²) in [4.78, 5) is 26.8. The average Bonchev–Trinajstić information content (AvgIpc) is 3.29. The fourth-order valence-corrected chi connectivity index (χ4v) is 5.49. The molecule has 180 valence electrons. The molecule has 0 saturated heterocycles. The Labute approximate surface area is 216 Å². The molecule has 8 nitrogen and oxygen atoms in total. The molecule has 0 aliphatic carbocycles. The minimum absolute atomic E-state index is 0.0110. The zero-order chi connectivity index (χ0) is 25.3. The van der Waals surface area contributed by atoms with Crippen molar-refractivity contribution in [2.24, 2.45) is 0 Å². The predicted molar refractivity (Wildman–Crippen MR) is 142 cm³/mol. The van der Waals surface area contributed by atoms with E-state index in [0.717, 1.165) is 4.88 Å². The minimum atomic E-state index is -3.90. The van der Waals surface area contributed by atoms with Gasteiger partial charge in [0.05, 0.1) is 30.9 Å². The number of carbonyl (C=O) groups excluding carboxylic acids is 1. The second-order valence-electron chi connectivity index (χ2n) is 7.78. The Morgan fingerprint density at radius 1 is 0.972 bits per heavy atom. The smallest absolute Gasteiger partial charge is 0.264 e. The van der Waals surface area contributed by atoms with Crippen LogP contribution < -0.4 is 10.0 Å². The Kier molecular flexibility index (Phi) is 6.40. The van der Waals surface area contributed by atoms with E-state index in [9.17, 15) is 13.2 Å². The van der Waals surface area contributed by atoms with Gasteiger partial charge in [-0.1, -0.05) is 29.8 Å². The van der Waals surface area contributed by atoms with Crippen molar-refractivity contribution >= 4 is 61.4 Å². The molecule has 3 heterocycles. The van der Waals surface area contributed by atoms with Gasteiger partial charge >= 0.3 is 0 Å². The first-order valence-corrected chi connectivity index (χ1v) is 13.4. The van der Waals surface area contributed by atoms with E-state index in [1.54, 1.807) is 25.1 Å². The topological polar surface area (TPSA) is 114 Å². The molecule has 2 N–H and O–H groups in total. The van der Waals surface area contributed by atoms with Crippen LogP contribution in [0.1, 0.15) is 16.1 Å². The van der Waals surface area contributed by atoms with Crippen molar-refractivity contribution in [3.63, 3.8) is 0 Å². The van der Waals surface area contributed by atoms with Gasteiger partial charge in [-0.3, -0.25) is 4.79 Å². The lowest BCUT2D eigenvalue weighted by molar-refractivity contribution is 0.102. The number of fused-ring (bicyclic) bond motifs is 1. The third-order valence-electron chi connectivity index (χ3n) is 5.23. The molecule has 2 aromatic carbocycles. The highest BCUT2D eigenvalue weighted by Crippen LogP contribution is 2.32. The third kappa shape index (κ3) is 5.06. The van der Waals surface area contributed by atoms with Crippen LogP contribution in [0.15, 0.2) is 83.9 Å². The van der Waals surface area contributed by atoms with Crippen molar-refractivity contribution in [1.82, 2.24) is 15.0 Å². The molecule has 0 unspecified atom stereocenters. The van der Waals surface area contributed by atoms with Crippen LogP contribution in [-0.2, 0) is 10.0 Å². The molecule has 5 aromatic rings.